The Morgan fingerprint density at radius 1 is 1.06 bits per heavy atom. The molecule has 0 fully saturated rings. The molecule has 1 atom stereocenters. The summed E-state index contributed by atoms with van der Waals surface area (Å²) in [7, 11) is 0. The summed E-state index contributed by atoms with van der Waals surface area (Å²) in [5.74, 6) is 4.70. The molecule has 0 radical (unpaired) electrons. The van der Waals surface area contributed by atoms with Crippen molar-refractivity contribution >= 4 is 29.4 Å². The van der Waals surface area contributed by atoms with E-state index < -0.39 is 11.7 Å². The van der Waals surface area contributed by atoms with Gasteiger partial charge in [0.15, 0.2) is 0 Å². The van der Waals surface area contributed by atoms with Gasteiger partial charge in [0.2, 0.25) is 5.96 Å². The second-order valence-corrected chi connectivity index (χ2v) is 8.13. The fraction of sp³-hybridized carbons (Fsp3) is 0.130. The van der Waals surface area contributed by atoms with Gasteiger partial charge < -0.3 is 16.9 Å². The summed E-state index contributed by atoms with van der Waals surface area (Å²) in [4.78, 5) is 5.37. The number of rotatable bonds is 5. The highest BCUT2D eigenvalue weighted by Crippen LogP contribution is 2.40. The van der Waals surface area contributed by atoms with E-state index in [2.05, 4.69) is 20.1 Å². The van der Waals surface area contributed by atoms with Gasteiger partial charge >= 0.3 is 0 Å². The number of anilines is 1. The van der Waals surface area contributed by atoms with Crippen molar-refractivity contribution in [3.05, 3.63) is 94.6 Å². The van der Waals surface area contributed by atoms with E-state index in [9.17, 15) is 8.78 Å². The van der Waals surface area contributed by atoms with Crippen LogP contribution in [0.5, 0.6) is 0 Å². The van der Waals surface area contributed by atoms with Crippen LogP contribution in [0.4, 0.5) is 14.5 Å². The summed E-state index contributed by atoms with van der Waals surface area (Å²) in [6.07, 6.45) is 0. The number of nitrogens with zero attached hydrogens (tertiary/aromatic N) is 2. The van der Waals surface area contributed by atoms with Gasteiger partial charge in [-0.3, -0.25) is 4.72 Å². The van der Waals surface area contributed by atoms with Gasteiger partial charge in [0, 0.05) is 17.0 Å². The third kappa shape index (κ3) is 4.38. The molecule has 0 saturated heterocycles. The third-order valence-electron chi connectivity index (χ3n) is 5.24. The van der Waals surface area contributed by atoms with Gasteiger partial charge in [0.1, 0.15) is 17.5 Å². The molecule has 1 heterocycles. The van der Waals surface area contributed by atoms with Crippen LogP contribution in [0.15, 0.2) is 75.7 Å². The molecule has 3 aromatic carbocycles. The molecule has 1 aliphatic heterocycles. The Morgan fingerprint density at radius 3 is 2.66 bits per heavy atom. The number of nitrogens with two attached hydrogens (primary N) is 2. The lowest BCUT2D eigenvalue weighted by Crippen LogP contribution is -2.30. The van der Waals surface area contributed by atoms with Crippen LogP contribution in [0, 0.1) is 11.6 Å². The van der Waals surface area contributed by atoms with E-state index in [1.54, 1.807) is 31.2 Å². The van der Waals surface area contributed by atoms with E-state index in [0.717, 1.165) is 10.5 Å². The average Bonchev–Trinajstić information content (AvgIpc) is 2.82. The number of hydrogen-bond donors (Lipinski definition) is 4. The average molecular weight is 453 g/mol. The second-order valence-electron chi connectivity index (χ2n) is 7.29. The standard InChI is InChI=1S/C23H22F2N6S/c1-13(16-7-2-3-8-17(16)24)20-18(25)9-10-19-21(20)29-23(31-32-19)28-12-14-5-4-6-15(11-14)22(26)30-27/h2-11,13H,12,27H2,1H3,(H2,26,30)(H2,28,29,31). The maximum Gasteiger partial charge on any atom is 0.206 e. The van der Waals surface area contributed by atoms with E-state index in [1.165, 1.54) is 24.1 Å². The number of benzene rings is 3. The molecule has 1 unspecified atom stereocenters. The highest BCUT2D eigenvalue weighted by Gasteiger charge is 2.25. The van der Waals surface area contributed by atoms with Gasteiger partial charge in [-0.05, 0) is 47.3 Å². The predicted molar refractivity (Wildman–Crippen MR) is 125 cm³/mol. The third-order valence-corrected chi connectivity index (χ3v) is 6.10. The molecule has 1 aliphatic rings. The zero-order valence-electron chi connectivity index (χ0n) is 17.3. The molecule has 6 nitrogen and oxygen atoms in total. The number of amidine groups is 1. The zero-order chi connectivity index (χ0) is 22.7. The normalized spacial score (nSPS) is 15.6. The van der Waals surface area contributed by atoms with Crippen molar-refractivity contribution in [2.24, 2.45) is 21.7 Å². The maximum absolute atomic E-state index is 14.9. The fourth-order valence-electron chi connectivity index (χ4n) is 3.59. The van der Waals surface area contributed by atoms with Gasteiger partial charge in [-0.1, -0.05) is 43.3 Å². The van der Waals surface area contributed by atoms with Crippen LogP contribution in [0.25, 0.3) is 0 Å². The molecule has 6 N–H and O–H groups in total. The SMILES string of the molecule is CC(c1ccccc1F)c1c(F)ccc2c1NC(=NCc1cccc(/C(N)=N/N)c1)NS2. The number of hydrogen-bond acceptors (Lipinski definition) is 4. The first-order valence-corrected chi connectivity index (χ1v) is 10.7. The van der Waals surface area contributed by atoms with E-state index in [0.29, 0.717) is 34.9 Å². The van der Waals surface area contributed by atoms with Crippen molar-refractivity contribution in [3.8, 4) is 0 Å². The van der Waals surface area contributed by atoms with Gasteiger partial charge in [-0.2, -0.15) is 5.10 Å². The topological polar surface area (TPSA) is 101 Å². The van der Waals surface area contributed by atoms with E-state index >= 15 is 0 Å². The molecule has 0 aromatic heterocycles. The molecular weight excluding hydrogens is 430 g/mol. The monoisotopic (exact) mass is 452 g/mol. The Hall–Kier alpha value is -3.59. The van der Waals surface area contributed by atoms with Crippen molar-refractivity contribution < 1.29 is 8.78 Å². The Labute approximate surface area is 188 Å². The van der Waals surface area contributed by atoms with Crippen molar-refractivity contribution in [1.82, 2.24) is 4.72 Å². The predicted octanol–water partition coefficient (Wildman–Crippen LogP) is 4.27. The summed E-state index contributed by atoms with van der Waals surface area (Å²) >= 11 is 1.32. The summed E-state index contributed by atoms with van der Waals surface area (Å²) in [5.41, 5.74) is 8.78. The van der Waals surface area contributed by atoms with Crippen LogP contribution in [0.2, 0.25) is 0 Å². The molecule has 32 heavy (non-hydrogen) atoms. The number of nitrogens with one attached hydrogen (secondary N) is 2. The number of aliphatic imine (C=N–C) groups is 1. The van der Waals surface area contributed by atoms with E-state index in [4.69, 9.17) is 11.6 Å². The van der Waals surface area contributed by atoms with Crippen LogP contribution in [0.1, 0.15) is 35.1 Å². The van der Waals surface area contributed by atoms with Gasteiger partial charge in [0.05, 0.1) is 17.1 Å². The van der Waals surface area contributed by atoms with Crippen LogP contribution < -0.4 is 21.6 Å². The Bertz CT molecular complexity index is 1210. The first kappa shape index (κ1) is 21.6. The molecule has 164 valence electrons. The number of guanidine groups is 1. The largest absolute Gasteiger partial charge is 0.382 e. The molecular formula is C23H22F2N6S. The smallest absolute Gasteiger partial charge is 0.206 e. The van der Waals surface area contributed by atoms with Crippen molar-refractivity contribution in [2.75, 3.05) is 5.32 Å². The lowest BCUT2D eigenvalue weighted by molar-refractivity contribution is 0.581. The molecule has 0 bridgehead atoms. The first-order valence-electron chi connectivity index (χ1n) is 9.91. The van der Waals surface area contributed by atoms with Gasteiger partial charge in [0.25, 0.3) is 0 Å². The minimum Gasteiger partial charge on any atom is -0.382 e. The fourth-order valence-corrected chi connectivity index (χ4v) is 4.31. The lowest BCUT2D eigenvalue weighted by atomic mass is 9.91. The second kappa shape index (κ2) is 9.27. The van der Waals surface area contributed by atoms with Gasteiger partial charge in [-0.15, -0.1) is 0 Å². The molecule has 0 saturated carbocycles. The summed E-state index contributed by atoms with van der Waals surface area (Å²) in [6.45, 7) is 2.14. The van der Waals surface area contributed by atoms with Crippen LogP contribution in [0.3, 0.4) is 0 Å². The van der Waals surface area contributed by atoms with E-state index in [1.807, 2.05) is 24.3 Å². The number of fused-ring (bicyclic) bond motifs is 1. The highest BCUT2D eigenvalue weighted by atomic mass is 32.2. The van der Waals surface area contributed by atoms with E-state index in [-0.39, 0.29) is 11.7 Å². The molecule has 0 spiro atoms. The van der Waals surface area contributed by atoms with Gasteiger partial charge in [-0.25, -0.2) is 13.8 Å². The Morgan fingerprint density at radius 2 is 1.88 bits per heavy atom. The van der Waals surface area contributed by atoms with Crippen LogP contribution in [-0.4, -0.2) is 11.8 Å². The molecule has 9 heteroatoms. The minimum absolute atomic E-state index is 0.236. The molecule has 0 amide bonds. The van der Waals surface area contributed by atoms with Crippen LogP contribution >= 0.6 is 11.9 Å². The highest BCUT2D eigenvalue weighted by molar-refractivity contribution is 7.98. The molecule has 4 rings (SSSR count). The van der Waals surface area contributed by atoms with Crippen molar-refractivity contribution in [2.45, 2.75) is 24.3 Å². The first-order chi connectivity index (χ1) is 15.5. The summed E-state index contributed by atoms with van der Waals surface area (Å²) in [5, 5.41) is 6.69. The Kier molecular flexibility index (Phi) is 6.27. The lowest BCUT2D eigenvalue weighted by Gasteiger charge is -2.26. The van der Waals surface area contributed by atoms with Crippen LogP contribution in [-0.2, 0) is 6.54 Å². The quantitative estimate of drug-likeness (QED) is 0.152. The zero-order valence-corrected chi connectivity index (χ0v) is 18.1. The molecule has 3 aromatic rings. The van der Waals surface area contributed by atoms with Crippen molar-refractivity contribution in [3.63, 3.8) is 0 Å². The number of hydrazone groups is 1. The summed E-state index contributed by atoms with van der Waals surface area (Å²) < 4.78 is 32.4. The maximum atomic E-state index is 14.9. The summed E-state index contributed by atoms with van der Waals surface area (Å²) in [6, 6.07) is 16.9. The van der Waals surface area contributed by atoms with Crippen molar-refractivity contribution in [1.29, 1.82) is 0 Å². The minimum atomic E-state index is -0.492. The molecule has 0 aliphatic carbocycles. The number of halogens is 2. The Balaban J connectivity index is 1.62.